The summed E-state index contributed by atoms with van der Waals surface area (Å²) in [6, 6.07) is 22.3. The number of benzene rings is 3. The molecular formula is C27H28Cl2N2O3S. The summed E-state index contributed by atoms with van der Waals surface area (Å²) in [5, 5.41) is 3.95. The molecule has 0 unspecified atom stereocenters. The first-order valence-corrected chi connectivity index (χ1v) is 13.9. The number of sulfonamides is 1. The molecule has 8 heteroatoms. The topological polar surface area (TPSA) is 66.5 Å². The Bertz CT molecular complexity index is 1280. The van der Waals surface area contributed by atoms with E-state index in [0.717, 1.165) is 16.7 Å². The number of rotatable bonds is 7. The third-order valence-electron chi connectivity index (χ3n) is 6.33. The van der Waals surface area contributed by atoms with Crippen LogP contribution in [-0.4, -0.2) is 31.7 Å². The van der Waals surface area contributed by atoms with E-state index in [1.807, 2.05) is 61.5 Å². The fraction of sp³-hybridized carbons (Fsp3) is 0.296. The second-order valence-corrected chi connectivity index (χ2v) is 11.8. The highest BCUT2D eigenvalue weighted by atomic mass is 35.5. The van der Waals surface area contributed by atoms with Crippen molar-refractivity contribution < 1.29 is 13.2 Å². The summed E-state index contributed by atoms with van der Waals surface area (Å²) in [7, 11) is -3.65. The maximum atomic E-state index is 13.4. The van der Waals surface area contributed by atoms with Crippen LogP contribution in [0.2, 0.25) is 10.0 Å². The molecule has 5 nitrogen and oxygen atoms in total. The second-order valence-electron chi connectivity index (χ2n) is 8.95. The van der Waals surface area contributed by atoms with Gasteiger partial charge in [0, 0.05) is 23.1 Å². The average molecular weight is 532 g/mol. The summed E-state index contributed by atoms with van der Waals surface area (Å²) in [4.78, 5) is 13.4. The van der Waals surface area contributed by atoms with Gasteiger partial charge in [-0.1, -0.05) is 89.4 Å². The highest BCUT2D eigenvalue weighted by Crippen LogP contribution is 2.28. The number of halogens is 2. The molecular weight excluding hydrogens is 503 g/mol. The van der Waals surface area contributed by atoms with Crippen molar-refractivity contribution in [3.05, 3.63) is 105 Å². The lowest BCUT2D eigenvalue weighted by molar-refractivity contribution is -0.126. The molecule has 3 aromatic carbocycles. The molecule has 0 aromatic heterocycles. The Balaban J connectivity index is 1.50. The number of nitrogens with one attached hydrogen (secondary N) is 1. The molecule has 1 amide bonds. The lowest BCUT2D eigenvalue weighted by atomic mass is 9.94. The molecule has 0 radical (unpaired) electrons. The first kappa shape index (κ1) is 25.7. The molecule has 3 aromatic rings. The number of hydrogen-bond acceptors (Lipinski definition) is 3. The normalized spacial score (nSPS) is 17.6. The predicted molar refractivity (Wildman–Crippen MR) is 141 cm³/mol. The van der Waals surface area contributed by atoms with Crippen LogP contribution in [0.5, 0.6) is 0 Å². The van der Waals surface area contributed by atoms with Crippen molar-refractivity contribution in [3.63, 3.8) is 0 Å². The minimum atomic E-state index is -3.65. The molecule has 184 valence electrons. The van der Waals surface area contributed by atoms with E-state index in [9.17, 15) is 13.2 Å². The van der Waals surface area contributed by atoms with Gasteiger partial charge < -0.3 is 5.32 Å². The van der Waals surface area contributed by atoms with E-state index in [2.05, 4.69) is 5.32 Å². The highest BCUT2D eigenvalue weighted by Gasteiger charge is 2.33. The Morgan fingerprint density at radius 3 is 2.40 bits per heavy atom. The van der Waals surface area contributed by atoms with Crippen LogP contribution < -0.4 is 5.32 Å². The standard InChI is InChI=1S/C27H28Cl2N2O3S/c1-19-9-11-21(12-10-19)26(20-6-3-2-4-7-20)30-27(32)22-8-5-15-31(17-22)35(33,34)18-23-13-14-24(28)16-25(23)29/h2-4,6-7,9-14,16,22,26H,5,8,15,17-18H2,1H3,(H,30,32)/t22-,26+/m1/s1. The van der Waals surface area contributed by atoms with Crippen molar-refractivity contribution in [1.82, 2.24) is 9.62 Å². The van der Waals surface area contributed by atoms with Gasteiger partial charge in [-0.3, -0.25) is 4.79 Å². The van der Waals surface area contributed by atoms with E-state index < -0.39 is 15.9 Å². The molecule has 1 fully saturated rings. The number of carbonyl (C=O) groups is 1. The molecule has 35 heavy (non-hydrogen) atoms. The maximum Gasteiger partial charge on any atom is 0.225 e. The zero-order valence-corrected chi connectivity index (χ0v) is 21.8. The molecule has 1 aliphatic heterocycles. The Morgan fingerprint density at radius 1 is 1.03 bits per heavy atom. The lowest BCUT2D eigenvalue weighted by Gasteiger charge is -2.32. The van der Waals surface area contributed by atoms with Crippen molar-refractivity contribution >= 4 is 39.1 Å². The summed E-state index contributed by atoms with van der Waals surface area (Å²) < 4.78 is 27.7. The SMILES string of the molecule is Cc1ccc([C@@H](NC(=O)[C@@H]2CCCN(S(=O)(=O)Cc3ccc(Cl)cc3Cl)C2)c2ccccc2)cc1. The third kappa shape index (κ3) is 6.44. The smallest absolute Gasteiger partial charge is 0.225 e. The molecule has 1 saturated heterocycles. The minimum Gasteiger partial charge on any atom is -0.345 e. The van der Waals surface area contributed by atoms with E-state index in [4.69, 9.17) is 23.2 Å². The summed E-state index contributed by atoms with van der Waals surface area (Å²) in [5.74, 6) is -0.812. The summed E-state index contributed by atoms with van der Waals surface area (Å²) in [6.45, 7) is 2.56. The first-order valence-electron chi connectivity index (χ1n) is 11.6. The van der Waals surface area contributed by atoms with Gasteiger partial charge in [0.05, 0.1) is 17.7 Å². The zero-order chi connectivity index (χ0) is 25.0. The van der Waals surface area contributed by atoms with Crippen LogP contribution >= 0.6 is 23.2 Å². The van der Waals surface area contributed by atoms with Gasteiger partial charge in [0.25, 0.3) is 0 Å². The summed E-state index contributed by atoms with van der Waals surface area (Å²) >= 11 is 12.1. The molecule has 1 heterocycles. The van der Waals surface area contributed by atoms with Gasteiger partial charge in [-0.15, -0.1) is 0 Å². The monoisotopic (exact) mass is 530 g/mol. The van der Waals surface area contributed by atoms with Crippen molar-refractivity contribution in [2.45, 2.75) is 31.6 Å². The second kappa shape index (κ2) is 11.1. The van der Waals surface area contributed by atoms with E-state index in [0.29, 0.717) is 35.0 Å². The number of piperidine rings is 1. The number of hydrogen-bond donors (Lipinski definition) is 1. The van der Waals surface area contributed by atoms with E-state index >= 15 is 0 Å². The van der Waals surface area contributed by atoms with Crippen LogP contribution in [0.4, 0.5) is 0 Å². The van der Waals surface area contributed by atoms with Crippen LogP contribution in [0.1, 0.15) is 41.1 Å². The number of amides is 1. The Morgan fingerprint density at radius 2 is 1.71 bits per heavy atom. The zero-order valence-electron chi connectivity index (χ0n) is 19.5. The summed E-state index contributed by atoms with van der Waals surface area (Å²) in [5.41, 5.74) is 3.59. The minimum absolute atomic E-state index is 0.148. The maximum absolute atomic E-state index is 13.4. The van der Waals surface area contributed by atoms with Crippen LogP contribution in [0, 0.1) is 12.8 Å². The van der Waals surface area contributed by atoms with Crippen molar-refractivity contribution in [1.29, 1.82) is 0 Å². The molecule has 0 saturated carbocycles. The molecule has 1 N–H and O–H groups in total. The van der Waals surface area contributed by atoms with Gasteiger partial charge >= 0.3 is 0 Å². The Hall–Kier alpha value is -2.38. The Labute approximate surface area is 217 Å². The van der Waals surface area contributed by atoms with Gasteiger partial charge in [-0.05, 0) is 48.6 Å². The molecule has 0 spiro atoms. The number of aryl methyl sites for hydroxylation is 1. The van der Waals surface area contributed by atoms with Crippen LogP contribution in [-0.2, 0) is 20.6 Å². The van der Waals surface area contributed by atoms with Crippen molar-refractivity contribution in [3.8, 4) is 0 Å². The number of nitrogens with zero attached hydrogens (tertiary/aromatic N) is 1. The van der Waals surface area contributed by atoms with Crippen molar-refractivity contribution in [2.24, 2.45) is 5.92 Å². The van der Waals surface area contributed by atoms with Gasteiger partial charge in [0.1, 0.15) is 0 Å². The van der Waals surface area contributed by atoms with E-state index in [1.165, 1.54) is 10.4 Å². The van der Waals surface area contributed by atoms with Gasteiger partial charge in [-0.25, -0.2) is 12.7 Å². The molecule has 4 rings (SSSR count). The molecule has 1 aliphatic rings. The van der Waals surface area contributed by atoms with Gasteiger partial charge in [0.15, 0.2) is 0 Å². The molecule has 2 atom stereocenters. The number of carbonyl (C=O) groups excluding carboxylic acids is 1. The first-order chi connectivity index (χ1) is 16.7. The Kier molecular flexibility index (Phi) is 8.17. The fourth-order valence-electron chi connectivity index (χ4n) is 4.36. The van der Waals surface area contributed by atoms with Crippen LogP contribution in [0.15, 0.2) is 72.8 Å². The van der Waals surface area contributed by atoms with Gasteiger partial charge in [0.2, 0.25) is 15.9 Å². The van der Waals surface area contributed by atoms with Crippen LogP contribution in [0.3, 0.4) is 0 Å². The predicted octanol–water partition coefficient (Wildman–Crippen LogP) is 5.75. The van der Waals surface area contributed by atoms with Gasteiger partial charge in [-0.2, -0.15) is 0 Å². The highest BCUT2D eigenvalue weighted by molar-refractivity contribution is 7.88. The third-order valence-corrected chi connectivity index (χ3v) is 8.71. The average Bonchev–Trinajstić information content (AvgIpc) is 2.85. The fourth-order valence-corrected chi connectivity index (χ4v) is 6.56. The summed E-state index contributed by atoms with van der Waals surface area (Å²) in [6.07, 6.45) is 1.25. The van der Waals surface area contributed by atoms with Crippen LogP contribution in [0.25, 0.3) is 0 Å². The van der Waals surface area contributed by atoms with E-state index in [-0.39, 0.29) is 24.2 Å². The molecule has 0 aliphatic carbocycles. The largest absolute Gasteiger partial charge is 0.345 e. The van der Waals surface area contributed by atoms with Crippen molar-refractivity contribution in [2.75, 3.05) is 13.1 Å². The molecule has 0 bridgehead atoms. The van der Waals surface area contributed by atoms with E-state index in [1.54, 1.807) is 12.1 Å². The lowest BCUT2D eigenvalue weighted by Crippen LogP contribution is -2.46. The quantitative estimate of drug-likeness (QED) is 0.422.